The van der Waals surface area contributed by atoms with E-state index in [4.69, 9.17) is 9.94 Å². The third-order valence-corrected chi connectivity index (χ3v) is 1.13. The Labute approximate surface area is 53.8 Å². The number of hydroxylamine groups is 2. The van der Waals surface area contributed by atoms with Gasteiger partial charge in [-0.1, -0.05) is 0 Å². The van der Waals surface area contributed by atoms with Gasteiger partial charge in [0.25, 0.3) is 0 Å². The van der Waals surface area contributed by atoms with Crippen LogP contribution in [0.15, 0.2) is 24.1 Å². The van der Waals surface area contributed by atoms with Crippen molar-refractivity contribution >= 4 is 0 Å². The number of aliphatic hydroxyl groups excluding tert-OH is 1. The fourth-order valence-electron chi connectivity index (χ4n) is 0.607. The average Bonchev–Trinajstić information content (AvgIpc) is 1.90. The topological polar surface area (TPSA) is 32.7 Å². The molecule has 3 heteroatoms. The minimum absolute atomic E-state index is 0.295. The Hall–Kier alpha value is -0.960. The summed E-state index contributed by atoms with van der Waals surface area (Å²) in [5, 5.41) is 10.4. The van der Waals surface area contributed by atoms with Gasteiger partial charge in [0.1, 0.15) is 5.76 Å². The monoisotopic (exact) mass is 127 g/mol. The minimum Gasteiger partial charge on any atom is -0.508 e. The predicted octanol–water partition coefficient (Wildman–Crippen LogP) is 0.819. The summed E-state index contributed by atoms with van der Waals surface area (Å²) in [5.41, 5.74) is 0. The molecule has 1 rings (SSSR count). The Bertz CT molecular complexity index is 151. The molecular weight excluding hydrogens is 118 g/mol. The molecule has 0 saturated heterocycles. The molecule has 1 aliphatic rings. The van der Waals surface area contributed by atoms with E-state index in [9.17, 15) is 0 Å². The quantitative estimate of drug-likeness (QED) is 0.566. The molecule has 0 radical (unpaired) electrons. The number of hydrogen-bond donors (Lipinski definition) is 1. The number of rotatable bonds is 1. The molecule has 1 aliphatic heterocycles. The van der Waals surface area contributed by atoms with E-state index in [1.54, 1.807) is 30.5 Å². The molecule has 9 heavy (non-hydrogen) atoms. The lowest BCUT2D eigenvalue weighted by Gasteiger charge is -2.17. The lowest BCUT2D eigenvalue weighted by atomic mass is 10.3. The van der Waals surface area contributed by atoms with E-state index >= 15 is 0 Å². The van der Waals surface area contributed by atoms with Crippen LogP contribution in [0.5, 0.6) is 0 Å². The summed E-state index contributed by atoms with van der Waals surface area (Å²) >= 11 is 0. The van der Waals surface area contributed by atoms with Crippen LogP contribution in [0.1, 0.15) is 0 Å². The SMILES string of the molecule is CON1C=CC(O)=CC1. The van der Waals surface area contributed by atoms with Crippen LogP contribution in [-0.4, -0.2) is 23.8 Å². The van der Waals surface area contributed by atoms with E-state index in [1.165, 1.54) is 0 Å². The van der Waals surface area contributed by atoms with Crippen LogP contribution in [-0.2, 0) is 4.84 Å². The molecule has 0 unspecified atom stereocenters. The van der Waals surface area contributed by atoms with Gasteiger partial charge >= 0.3 is 0 Å². The highest BCUT2D eigenvalue weighted by molar-refractivity contribution is 5.13. The Morgan fingerprint density at radius 3 is 3.00 bits per heavy atom. The predicted molar refractivity (Wildman–Crippen MR) is 33.6 cm³/mol. The van der Waals surface area contributed by atoms with Crippen LogP contribution in [0.4, 0.5) is 0 Å². The number of aliphatic hydroxyl groups is 1. The highest BCUT2D eigenvalue weighted by Crippen LogP contribution is 2.02. The number of nitrogens with zero attached hydrogens (tertiary/aromatic N) is 1. The normalized spacial score (nSPS) is 17.9. The van der Waals surface area contributed by atoms with Crippen molar-refractivity contribution in [2.24, 2.45) is 0 Å². The molecule has 0 aromatic carbocycles. The fraction of sp³-hybridized carbons (Fsp3) is 0.333. The summed E-state index contributed by atoms with van der Waals surface area (Å²) in [7, 11) is 1.58. The largest absolute Gasteiger partial charge is 0.508 e. The fourth-order valence-corrected chi connectivity index (χ4v) is 0.607. The van der Waals surface area contributed by atoms with Crippen molar-refractivity contribution in [2.45, 2.75) is 0 Å². The van der Waals surface area contributed by atoms with Gasteiger partial charge in [0.2, 0.25) is 0 Å². The molecule has 1 heterocycles. The van der Waals surface area contributed by atoms with E-state index in [0.29, 0.717) is 12.3 Å². The van der Waals surface area contributed by atoms with E-state index < -0.39 is 0 Å². The van der Waals surface area contributed by atoms with E-state index in [2.05, 4.69) is 0 Å². The summed E-state index contributed by atoms with van der Waals surface area (Å²) in [6, 6.07) is 0. The summed E-state index contributed by atoms with van der Waals surface area (Å²) in [5.74, 6) is 0.295. The molecule has 0 aliphatic carbocycles. The van der Waals surface area contributed by atoms with E-state index in [1.807, 2.05) is 0 Å². The van der Waals surface area contributed by atoms with Gasteiger partial charge in [-0.3, -0.25) is 9.90 Å². The lowest BCUT2D eigenvalue weighted by molar-refractivity contribution is -0.0800. The van der Waals surface area contributed by atoms with Crippen molar-refractivity contribution in [2.75, 3.05) is 13.7 Å². The van der Waals surface area contributed by atoms with Gasteiger partial charge < -0.3 is 5.11 Å². The summed E-state index contributed by atoms with van der Waals surface area (Å²) in [6.45, 7) is 0.610. The first-order chi connectivity index (χ1) is 4.33. The second-order valence-corrected chi connectivity index (χ2v) is 1.73. The molecule has 3 nitrogen and oxygen atoms in total. The zero-order valence-corrected chi connectivity index (χ0v) is 5.24. The first kappa shape index (κ1) is 6.16. The van der Waals surface area contributed by atoms with Crippen molar-refractivity contribution in [3.05, 3.63) is 24.1 Å². The van der Waals surface area contributed by atoms with Gasteiger partial charge in [-0.2, -0.15) is 0 Å². The molecule has 0 fully saturated rings. The maximum Gasteiger partial charge on any atom is 0.114 e. The van der Waals surface area contributed by atoms with Gasteiger partial charge in [-0.15, -0.1) is 0 Å². The maximum absolute atomic E-state index is 8.81. The molecule has 0 amide bonds. The van der Waals surface area contributed by atoms with Crippen LogP contribution >= 0.6 is 0 Å². The Morgan fingerprint density at radius 2 is 2.56 bits per heavy atom. The van der Waals surface area contributed by atoms with Crippen molar-refractivity contribution in [1.29, 1.82) is 0 Å². The zero-order valence-electron chi connectivity index (χ0n) is 5.24. The molecule has 1 N–H and O–H groups in total. The zero-order chi connectivity index (χ0) is 6.69. The second-order valence-electron chi connectivity index (χ2n) is 1.73. The summed E-state index contributed by atoms with van der Waals surface area (Å²) < 4.78 is 0. The maximum atomic E-state index is 8.81. The van der Waals surface area contributed by atoms with Crippen LogP contribution in [0.25, 0.3) is 0 Å². The second kappa shape index (κ2) is 2.55. The molecule has 0 atom stereocenters. The van der Waals surface area contributed by atoms with E-state index in [-0.39, 0.29) is 0 Å². The third-order valence-electron chi connectivity index (χ3n) is 1.13. The van der Waals surface area contributed by atoms with Gasteiger partial charge in [-0.05, 0) is 12.2 Å². The highest BCUT2D eigenvalue weighted by Gasteiger charge is 1.99. The minimum atomic E-state index is 0.295. The van der Waals surface area contributed by atoms with Gasteiger partial charge in [0, 0.05) is 6.20 Å². The molecule has 0 aromatic rings. The Morgan fingerprint density at radius 1 is 1.78 bits per heavy atom. The average molecular weight is 127 g/mol. The van der Waals surface area contributed by atoms with E-state index in [0.717, 1.165) is 0 Å². The molecule has 0 aromatic heterocycles. The molecule has 0 saturated carbocycles. The highest BCUT2D eigenvalue weighted by atomic mass is 16.7. The third kappa shape index (κ3) is 1.47. The standard InChI is InChI=1S/C6H9NO2/c1-9-7-4-2-6(8)3-5-7/h2-4,8H,5H2,1H3. The van der Waals surface area contributed by atoms with Crippen LogP contribution < -0.4 is 0 Å². The summed E-state index contributed by atoms with van der Waals surface area (Å²) in [6.07, 6.45) is 4.92. The molecular formula is C6H9NO2. The van der Waals surface area contributed by atoms with Crippen LogP contribution in [0.3, 0.4) is 0 Å². The lowest BCUT2D eigenvalue weighted by Crippen LogP contribution is -2.17. The molecule has 50 valence electrons. The molecule has 0 bridgehead atoms. The van der Waals surface area contributed by atoms with Gasteiger partial charge in [-0.25, -0.2) is 0 Å². The Kier molecular flexibility index (Phi) is 1.75. The first-order valence-corrected chi connectivity index (χ1v) is 2.71. The van der Waals surface area contributed by atoms with Crippen molar-refractivity contribution in [3.8, 4) is 0 Å². The van der Waals surface area contributed by atoms with Gasteiger partial charge in [0.15, 0.2) is 0 Å². The first-order valence-electron chi connectivity index (χ1n) is 2.71. The van der Waals surface area contributed by atoms with Crippen molar-refractivity contribution in [3.63, 3.8) is 0 Å². The van der Waals surface area contributed by atoms with Crippen molar-refractivity contribution in [1.82, 2.24) is 5.06 Å². The molecule has 0 spiro atoms. The smallest absolute Gasteiger partial charge is 0.114 e. The number of hydrogen-bond acceptors (Lipinski definition) is 3. The van der Waals surface area contributed by atoms with Crippen LogP contribution in [0.2, 0.25) is 0 Å². The summed E-state index contributed by atoms with van der Waals surface area (Å²) in [4.78, 5) is 4.83. The Balaban J connectivity index is 2.48. The number of allylic oxidation sites excluding steroid dienone is 1. The van der Waals surface area contributed by atoms with Gasteiger partial charge in [0.05, 0.1) is 13.7 Å². The van der Waals surface area contributed by atoms with Crippen LogP contribution in [0, 0.1) is 0 Å². The van der Waals surface area contributed by atoms with Crippen molar-refractivity contribution < 1.29 is 9.94 Å².